The van der Waals surface area contributed by atoms with E-state index < -0.39 is 11.9 Å². The Hall–Kier alpha value is -1.78. The molecule has 5 nitrogen and oxygen atoms in total. The minimum Gasteiger partial charge on any atom is -0.466 e. The van der Waals surface area contributed by atoms with Crippen molar-refractivity contribution in [1.82, 2.24) is 4.98 Å². The van der Waals surface area contributed by atoms with Crippen molar-refractivity contribution in [3.63, 3.8) is 0 Å². The van der Waals surface area contributed by atoms with E-state index in [9.17, 15) is 9.59 Å². The fourth-order valence-corrected chi connectivity index (χ4v) is 2.45. The molecule has 1 aromatic rings. The molecule has 1 N–H and O–H groups in total. The second kappa shape index (κ2) is 7.86. The van der Waals surface area contributed by atoms with Crippen LogP contribution >= 0.6 is 0 Å². The molecular formula is C16H25NO4. The van der Waals surface area contributed by atoms with Gasteiger partial charge in [-0.3, -0.25) is 4.79 Å². The van der Waals surface area contributed by atoms with Crippen LogP contribution in [-0.2, 0) is 20.7 Å². The lowest BCUT2D eigenvalue weighted by molar-refractivity contribution is -0.144. The first kappa shape index (κ1) is 17.3. The number of carbonyl (C=O) groups excluding carboxylic acids is 2. The molecule has 1 unspecified atom stereocenters. The van der Waals surface area contributed by atoms with E-state index in [1.54, 1.807) is 20.8 Å². The van der Waals surface area contributed by atoms with Gasteiger partial charge in [0.05, 0.1) is 19.1 Å². The van der Waals surface area contributed by atoms with Gasteiger partial charge in [0.2, 0.25) is 0 Å². The number of rotatable bonds is 7. The minimum absolute atomic E-state index is 0.299. The first-order chi connectivity index (χ1) is 9.97. The molecule has 0 aliphatic heterocycles. The molecular weight excluding hydrogens is 270 g/mol. The lowest BCUT2D eigenvalue weighted by atomic mass is 9.96. The molecule has 1 atom stereocenters. The number of aromatic nitrogens is 1. The maximum absolute atomic E-state index is 12.1. The highest BCUT2D eigenvalue weighted by Gasteiger charge is 2.28. The summed E-state index contributed by atoms with van der Waals surface area (Å²) < 4.78 is 10.2. The van der Waals surface area contributed by atoms with Crippen molar-refractivity contribution in [3.8, 4) is 0 Å². The Kier molecular flexibility index (Phi) is 6.46. The zero-order chi connectivity index (χ0) is 16.0. The fourth-order valence-electron chi connectivity index (χ4n) is 2.45. The van der Waals surface area contributed by atoms with E-state index in [1.165, 1.54) is 0 Å². The molecule has 1 aromatic heterocycles. The second-order valence-electron chi connectivity index (χ2n) is 4.96. The SMILES string of the molecule is CCCc1[nH]c(C(=O)OCC)c(C(C)C(=O)OCC)c1C. The van der Waals surface area contributed by atoms with Gasteiger partial charge in [-0.2, -0.15) is 0 Å². The Labute approximate surface area is 126 Å². The molecule has 0 radical (unpaired) electrons. The topological polar surface area (TPSA) is 68.4 Å². The van der Waals surface area contributed by atoms with Gasteiger partial charge in [-0.15, -0.1) is 0 Å². The van der Waals surface area contributed by atoms with Crippen LogP contribution < -0.4 is 0 Å². The highest BCUT2D eigenvalue weighted by atomic mass is 16.5. The van der Waals surface area contributed by atoms with Crippen LogP contribution in [0.25, 0.3) is 0 Å². The molecule has 21 heavy (non-hydrogen) atoms. The van der Waals surface area contributed by atoms with Crippen LogP contribution in [0.3, 0.4) is 0 Å². The Balaban J connectivity index is 3.25. The quantitative estimate of drug-likeness (QED) is 0.785. The van der Waals surface area contributed by atoms with Gasteiger partial charge in [0.15, 0.2) is 0 Å². The highest BCUT2D eigenvalue weighted by Crippen LogP contribution is 2.29. The van der Waals surface area contributed by atoms with E-state index in [0.29, 0.717) is 24.5 Å². The number of hydrogen-bond donors (Lipinski definition) is 1. The third-order valence-electron chi connectivity index (χ3n) is 3.45. The fraction of sp³-hybridized carbons (Fsp3) is 0.625. The Bertz CT molecular complexity index is 505. The van der Waals surface area contributed by atoms with E-state index >= 15 is 0 Å². The zero-order valence-electron chi connectivity index (χ0n) is 13.5. The predicted octanol–water partition coefficient (Wildman–Crippen LogP) is 3.12. The molecule has 0 aliphatic rings. The van der Waals surface area contributed by atoms with Gasteiger partial charge in [-0.25, -0.2) is 4.79 Å². The van der Waals surface area contributed by atoms with Crippen molar-refractivity contribution >= 4 is 11.9 Å². The van der Waals surface area contributed by atoms with Gasteiger partial charge in [-0.05, 0) is 39.7 Å². The number of esters is 2. The standard InChI is InChI=1S/C16H25NO4/c1-6-9-12-10(4)13(11(5)15(18)20-7-2)14(17-12)16(19)21-8-3/h11,17H,6-9H2,1-5H3. The van der Waals surface area contributed by atoms with E-state index in [4.69, 9.17) is 9.47 Å². The number of nitrogens with one attached hydrogen (secondary N) is 1. The smallest absolute Gasteiger partial charge is 0.355 e. The van der Waals surface area contributed by atoms with Gasteiger partial charge in [0, 0.05) is 11.3 Å². The Morgan fingerprint density at radius 2 is 1.76 bits per heavy atom. The molecule has 0 aromatic carbocycles. The molecule has 118 valence electrons. The number of H-pyrrole nitrogens is 1. The van der Waals surface area contributed by atoms with E-state index in [2.05, 4.69) is 11.9 Å². The summed E-state index contributed by atoms with van der Waals surface area (Å²) in [5.41, 5.74) is 2.99. The van der Waals surface area contributed by atoms with Crippen molar-refractivity contribution in [2.45, 2.75) is 53.4 Å². The molecule has 5 heteroatoms. The van der Waals surface area contributed by atoms with Gasteiger partial charge in [-0.1, -0.05) is 13.3 Å². The summed E-state index contributed by atoms with van der Waals surface area (Å²) in [6.45, 7) is 9.90. The largest absolute Gasteiger partial charge is 0.466 e. The molecule has 0 spiro atoms. The van der Waals surface area contributed by atoms with Crippen molar-refractivity contribution in [2.24, 2.45) is 0 Å². The summed E-state index contributed by atoms with van der Waals surface area (Å²) in [6.07, 6.45) is 1.78. The molecule has 0 amide bonds. The lowest BCUT2D eigenvalue weighted by Gasteiger charge is -2.12. The third-order valence-corrected chi connectivity index (χ3v) is 3.45. The van der Waals surface area contributed by atoms with E-state index in [1.807, 2.05) is 6.92 Å². The van der Waals surface area contributed by atoms with Gasteiger partial charge < -0.3 is 14.5 Å². The normalized spacial score (nSPS) is 12.0. The first-order valence-electron chi connectivity index (χ1n) is 7.52. The van der Waals surface area contributed by atoms with Crippen molar-refractivity contribution < 1.29 is 19.1 Å². The molecule has 0 saturated heterocycles. The summed E-state index contributed by atoms with van der Waals surface area (Å²) in [5, 5.41) is 0. The number of carbonyl (C=O) groups is 2. The Morgan fingerprint density at radius 1 is 1.14 bits per heavy atom. The summed E-state index contributed by atoms with van der Waals surface area (Å²) in [5.74, 6) is -1.24. The van der Waals surface area contributed by atoms with Crippen LogP contribution in [-0.4, -0.2) is 30.1 Å². The number of ether oxygens (including phenoxy) is 2. The van der Waals surface area contributed by atoms with E-state index in [0.717, 1.165) is 24.1 Å². The lowest BCUT2D eigenvalue weighted by Crippen LogP contribution is -2.17. The van der Waals surface area contributed by atoms with Crippen LogP contribution in [0.1, 0.15) is 67.3 Å². The number of hydrogen-bond acceptors (Lipinski definition) is 4. The van der Waals surface area contributed by atoms with Crippen molar-refractivity contribution in [2.75, 3.05) is 13.2 Å². The van der Waals surface area contributed by atoms with Crippen LogP contribution in [0.2, 0.25) is 0 Å². The summed E-state index contributed by atoms with van der Waals surface area (Å²) >= 11 is 0. The monoisotopic (exact) mass is 295 g/mol. The predicted molar refractivity (Wildman–Crippen MR) is 80.5 cm³/mol. The van der Waals surface area contributed by atoms with Gasteiger partial charge >= 0.3 is 11.9 Å². The van der Waals surface area contributed by atoms with Gasteiger partial charge in [0.25, 0.3) is 0 Å². The summed E-state index contributed by atoms with van der Waals surface area (Å²) in [7, 11) is 0. The first-order valence-corrected chi connectivity index (χ1v) is 7.52. The minimum atomic E-state index is -0.494. The highest BCUT2D eigenvalue weighted by molar-refractivity contribution is 5.93. The molecule has 0 fully saturated rings. The maximum Gasteiger partial charge on any atom is 0.355 e. The molecule has 1 heterocycles. The van der Waals surface area contributed by atoms with Crippen LogP contribution in [0.15, 0.2) is 0 Å². The van der Waals surface area contributed by atoms with Crippen molar-refractivity contribution in [1.29, 1.82) is 0 Å². The number of aromatic amines is 1. The average Bonchev–Trinajstić information content (AvgIpc) is 2.76. The third kappa shape index (κ3) is 3.86. The zero-order valence-corrected chi connectivity index (χ0v) is 13.5. The summed E-state index contributed by atoms with van der Waals surface area (Å²) in [4.78, 5) is 27.3. The van der Waals surface area contributed by atoms with Crippen LogP contribution in [0.4, 0.5) is 0 Å². The van der Waals surface area contributed by atoms with Crippen molar-refractivity contribution in [3.05, 3.63) is 22.5 Å². The van der Waals surface area contributed by atoms with Gasteiger partial charge in [0.1, 0.15) is 5.69 Å². The second-order valence-corrected chi connectivity index (χ2v) is 4.96. The molecule has 0 saturated carbocycles. The Morgan fingerprint density at radius 3 is 2.29 bits per heavy atom. The molecule has 0 bridgehead atoms. The number of aryl methyl sites for hydroxylation is 1. The van der Waals surface area contributed by atoms with Crippen LogP contribution in [0.5, 0.6) is 0 Å². The maximum atomic E-state index is 12.1. The summed E-state index contributed by atoms with van der Waals surface area (Å²) in [6, 6.07) is 0. The van der Waals surface area contributed by atoms with Crippen LogP contribution in [0, 0.1) is 6.92 Å². The molecule has 0 aliphatic carbocycles. The average molecular weight is 295 g/mol. The van der Waals surface area contributed by atoms with E-state index in [-0.39, 0.29) is 5.97 Å². The molecule has 1 rings (SSSR count).